The maximum absolute atomic E-state index is 12.3. The average molecular weight is 326 g/mol. The van der Waals surface area contributed by atoms with E-state index in [1.54, 1.807) is 0 Å². The Morgan fingerprint density at radius 3 is 2.83 bits per heavy atom. The lowest BCUT2D eigenvalue weighted by Gasteiger charge is -2.47. The number of hydrogen-bond donors (Lipinski definition) is 0. The average Bonchev–Trinajstić information content (AvgIpc) is 2.62. The first-order chi connectivity index (χ1) is 11.8. The number of likely N-dealkylation sites (tertiary alicyclic amines) is 2. The van der Waals surface area contributed by atoms with Gasteiger partial charge in [0.25, 0.3) is 0 Å². The van der Waals surface area contributed by atoms with E-state index >= 15 is 0 Å². The van der Waals surface area contributed by atoms with Crippen molar-refractivity contribution in [1.82, 2.24) is 9.80 Å². The fourth-order valence-electron chi connectivity index (χ4n) is 4.11. The molecular weight excluding hydrogens is 296 g/mol. The van der Waals surface area contributed by atoms with Crippen molar-refractivity contribution in [2.75, 3.05) is 26.2 Å². The Hall–Kier alpha value is -1.61. The number of fused-ring (bicyclic) bond motifs is 1. The van der Waals surface area contributed by atoms with Crippen LogP contribution in [0.25, 0.3) is 6.08 Å². The number of nitrogens with zero attached hydrogens (tertiary/aromatic N) is 2. The summed E-state index contributed by atoms with van der Waals surface area (Å²) >= 11 is 0. The molecule has 2 heterocycles. The van der Waals surface area contributed by atoms with Gasteiger partial charge in [-0.3, -0.25) is 9.69 Å². The molecule has 1 aromatic carbocycles. The Morgan fingerprint density at radius 1 is 1.21 bits per heavy atom. The fraction of sp³-hybridized carbons (Fsp3) is 0.571. The Balaban J connectivity index is 1.53. The highest BCUT2D eigenvalue weighted by Crippen LogP contribution is 2.31. The number of rotatable bonds is 6. The van der Waals surface area contributed by atoms with Crippen LogP contribution < -0.4 is 0 Å². The molecule has 2 aliphatic heterocycles. The molecule has 1 amide bonds. The number of carbonyl (C=O) groups is 1. The minimum Gasteiger partial charge on any atom is -0.339 e. The SMILES string of the molecule is CCCCN1C(=O)CC[C@@H]2CN(C/C=C/c3ccccc3)CC[C@@H]21. The van der Waals surface area contributed by atoms with E-state index in [1.165, 1.54) is 5.56 Å². The van der Waals surface area contributed by atoms with Gasteiger partial charge < -0.3 is 4.90 Å². The van der Waals surface area contributed by atoms with Crippen molar-refractivity contribution in [3.8, 4) is 0 Å². The van der Waals surface area contributed by atoms with Gasteiger partial charge in [0.2, 0.25) is 5.91 Å². The third-order valence-electron chi connectivity index (χ3n) is 5.45. The van der Waals surface area contributed by atoms with Gasteiger partial charge in [0.15, 0.2) is 0 Å². The van der Waals surface area contributed by atoms with E-state index in [4.69, 9.17) is 0 Å². The Labute approximate surface area is 146 Å². The third kappa shape index (κ3) is 4.27. The zero-order valence-electron chi connectivity index (χ0n) is 14.9. The van der Waals surface area contributed by atoms with Gasteiger partial charge in [0.1, 0.15) is 0 Å². The predicted molar refractivity (Wildman–Crippen MR) is 99.7 cm³/mol. The lowest BCUT2D eigenvalue weighted by Crippen LogP contribution is -2.56. The van der Waals surface area contributed by atoms with E-state index in [2.05, 4.69) is 59.2 Å². The molecular formula is C21H30N2O. The van der Waals surface area contributed by atoms with Crippen molar-refractivity contribution in [1.29, 1.82) is 0 Å². The summed E-state index contributed by atoms with van der Waals surface area (Å²) in [4.78, 5) is 17.0. The second kappa shape index (κ2) is 8.48. The quantitative estimate of drug-likeness (QED) is 0.793. The van der Waals surface area contributed by atoms with Crippen molar-refractivity contribution in [3.63, 3.8) is 0 Å². The molecule has 3 heteroatoms. The Bertz CT molecular complexity index is 554. The summed E-state index contributed by atoms with van der Waals surface area (Å²) in [6, 6.07) is 11.0. The molecule has 130 valence electrons. The normalized spacial score (nSPS) is 25.2. The third-order valence-corrected chi connectivity index (χ3v) is 5.45. The number of benzene rings is 1. The Kier molecular flexibility index (Phi) is 6.08. The van der Waals surface area contributed by atoms with Crippen LogP contribution in [0.3, 0.4) is 0 Å². The molecule has 2 atom stereocenters. The number of piperidine rings is 2. The monoisotopic (exact) mass is 326 g/mol. The summed E-state index contributed by atoms with van der Waals surface area (Å²) in [5.41, 5.74) is 1.27. The van der Waals surface area contributed by atoms with E-state index in [-0.39, 0.29) is 0 Å². The summed E-state index contributed by atoms with van der Waals surface area (Å²) < 4.78 is 0. The molecule has 0 bridgehead atoms. The van der Waals surface area contributed by atoms with Crippen LogP contribution in [-0.4, -0.2) is 47.9 Å². The van der Waals surface area contributed by atoms with E-state index in [0.717, 1.165) is 58.3 Å². The lowest BCUT2D eigenvalue weighted by atomic mass is 9.83. The van der Waals surface area contributed by atoms with Crippen LogP contribution in [0.5, 0.6) is 0 Å². The molecule has 2 fully saturated rings. The molecule has 0 N–H and O–H groups in total. The maximum Gasteiger partial charge on any atom is 0.222 e. The fourth-order valence-corrected chi connectivity index (χ4v) is 4.11. The zero-order valence-corrected chi connectivity index (χ0v) is 14.9. The van der Waals surface area contributed by atoms with Crippen molar-refractivity contribution in [2.45, 2.75) is 45.1 Å². The largest absolute Gasteiger partial charge is 0.339 e. The molecule has 3 nitrogen and oxygen atoms in total. The molecule has 24 heavy (non-hydrogen) atoms. The molecule has 0 saturated carbocycles. The molecule has 0 aromatic heterocycles. The standard InChI is InChI=1S/C21H30N2O/c1-2-3-15-23-20-13-16-22(17-19(20)11-12-21(23)24)14-7-10-18-8-5-4-6-9-18/h4-10,19-20H,2-3,11-17H2,1H3/b10-7+/t19-,20+/m1/s1. The number of hydrogen-bond acceptors (Lipinski definition) is 2. The van der Waals surface area contributed by atoms with Crippen LogP contribution in [-0.2, 0) is 4.79 Å². The van der Waals surface area contributed by atoms with Crippen LogP contribution in [0.1, 0.15) is 44.6 Å². The van der Waals surface area contributed by atoms with Gasteiger partial charge in [0.05, 0.1) is 0 Å². The predicted octanol–water partition coefficient (Wildman–Crippen LogP) is 3.81. The highest BCUT2D eigenvalue weighted by molar-refractivity contribution is 5.77. The molecule has 3 rings (SSSR count). The van der Waals surface area contributed by atoms with Gasteiger partial charge in [-0.05, 0) is 30.7 Å². The molecule has 0 unspecified atom stereocenters. The van der Waals surface area contributed by atoms with Crippen LogP contribution in [0, 0.1) is 5.92 Å². The van der Waals surface area contributed by atoms with Crippen LogP contribution in [0.15, 0.2) is 36.4 Å². The molecule has 0 spiro atoms. The van der Waals surface area contributed by atoms with E-state index < -0.39 is 0 Å². The summed E-state index contributed by atoms with van der Waals surface area (Å²) in [7, 11) is 0. The van der Waals surface area contributed by atoms with Crippen LogP contribution >= 0.6 is 0 Å². The van der Waals surface area contributed by atoms with Crippen molar-refractivity contribution in [2.24, 2.45) is 5.92 Å². The van der Waals surface area contributed by atoms with E-state index in [9.17, 15) is 4.79 Å². The lowest BCUT2D eigenvalue weighted by molar-refractivity contribution is -0.141. The topological polar surface area (TPSA) is 23.6 Å². The maximum atomic E-state index is 12.3. The van der Waals surface area contributed by atoms with Crippen LogP contribution in [0.2, 0.25) is 0 Å². The number of amides is 1. The highest BCUT2D eigenvalue weighted by atomic mass is 16.2. The highest BCUT2D eigenvalue weighted by Gasteiger charge is 2.38. The molecule has 0 radical (unpaired) electrons. The van der Waals surface area contributed by atoms with E-state index in [1.807, 2.05) is 0 Å². The van der Waals surface area contributed by atoms with E-state index in [0.29, 0.717) is 17.9 Å². The summed E-state index contributed by atoms with van der Waals surface area (Å²) in [5, 5.41) is 0. The van der Waals surface area contributed by atoms with Gasteiger partial charge in [-0.15, -0.1) is 0 Å². The Morgan fingerprint density at radius 2 is 2.04 bits per heavy atom. The van der Waals surface area contributed by atoms with Gasteiger partial charge in [-0.25, -0.2) is 0 Å². The molecule has 2 aliphatic rings. The molecule has 1 aromatic rings. The summed E-state index contributed by atoms with van der Waals surface area (Å²) in [5.74, 6) is 1.06. The van der Waals surface area contributed by atoms with Crippen LogP contribution in [0.4, 0.5) is 0 Å². The van der Waals surface area contributed by atoms with Crippen molar-refractivity contribution in [3.05, 3.63) is 42.0 Å². The second-order valence-corrected chi connectivity index (χ2v) is 7.17. The van der Waals surface area contributed by atoms with Crippen molar-refractivity contribution >= 4 is 12.0 Å². The van der Waals surface area contributed by atoms with Gasteiger partial charge in [0, 0.05) is 38.6 Å². The zero-order chi connectivity index (χ0) is 16.8. The van der Waals surface area contributed by atoms with Gasteiger partial charge in [-0.1, -0.05) is 55.8 Å². The number of carbonyl (C=O) groups excluding carboxylic acids is 1. The summed E-state index contributed by atoms with van der Waals surface area (Å²) in [6.07, 6.45) is 9.75. The first-order valence-corrected chi connectivity index (χ1v) is 9.51. The molecule has 0 aliphatic carbocycles. The second-order valence-electron chi connectivity index (χ2n) is 7.17. The minimum absolute atomic E-state index is 0.391. The number of unbranched alkanes of at least 4 members (excludes halogenated alkanes) is 1. The van der Waals surface area contributed by atoms with Gasteiger partial charge >= 0.3 is 0 Å². The molecule has 2 saturated heterocycles. The van der Waals surface area contributed by atoms with Gasteiger partial charge in [-0.2, -0.15) is 0 Å². The first kappa shape index (κ1) is 17.2. The minimum atomic E-state index is 0.391. The summed E-state index contributed by atoms with van der Waals surface area (Å²) in [6.45, 7) is 6.43. The first-order valence-electron chi connectivity index (χ1n) is 9.51. The smallest absolute Gasteiger partial charge is 0.222 e. The van der Waals surface area contributed by atoms with Crippen molar-refractivity contribution < 1.29 is 4.79 Å².